The molecule has 0 saturated carbocycles. The average Bonchev–Trinajstić information content (AvgIpc) is 3.06. The highest BCUT2D eigenvalue weighted by Crippen LogP contribution is 2.35. The van der Waals surface area contributed by atoms with Gasteiger partial charge in [-0.05, 0) is 37.4 Å². The third kappa shape index (κ3) is 4.05. The molecule has 2 atom stereocenters. The number of hydrogen-bond acceptors (Lipinski definition) is 4. The maximum Gasteiger partial charge on any atom is 0.234 e. The summed E-state index contributed by atoms with van der Waals surface area (Å²) in [5.74, 6) is 0.127. The van der Waals surface area contributed by atoms with E-state index >= 15 is 0 Å². The van der Waals surface area contributed by atoms with Crippen LogP contribution in [0.2, 0.25) is 5.02 Å². The first-order valence-corrected chi connectivity index (χ1v) is 10.1. The van der Waals surface area contributed by atoms with E-state index in [1.54, 1.807) is 0 Å². The first kappa shape index (κ1) is 16.7. The van der Waals surface area contributed by atoms with E-state index in [1.165, 1.54) is 0 Å². The topological polar surface area (TPSA) is 66.5 Å². The number of sulfone groups is 1. The Morgan fingerprint density at radius 2 is 2.09 bits per heavy atom. The second-order valence-electron chi connectivity index (χ2n) is 6.32. The van der Waals surface area contributed by atoms with Gasteiger partial charge in [0.15, 0.2) is 9.84 Å². The molecule has 23 heavy (non-hydrogen) atoms. The van der Waals surface area contributed by atoms with Gasteiger partial charge in [-0.3, -0.25) is 9.69 Å². The van der Waals surface area contributed by atoms with E-state index in [1.807, 2.05) is 24.3 Å². The van der Waals surface area contributed by atoms with E-state index < -0.39 is 9.84 Å². The fraction of sp³-hybridized carbons (Fsp3) is 0.562. The van der Waals surface area contributed by atoms with Gasteiger partial charge in [-0.2, -0.15) is 0 Å². The number of rotatable bonds is 4. The van der Waals surface area contributed by atoms with Crippen LogP contribution in [-0.2, 0) is 14.6 Å². The fourth-order valence-corrected chi connectivity index (χ4v) is 5.41. The molecule has 2 saturated heterocycles. The molecule has 0 spiro atoms. The zero-order valence-electron chi connectivity index (χ0n) is 12.9. The van der Waals surface area contributed by atoms with Crippen molar-refractivity contribution in [2.75, 3.05) is 24.6 Å². The third-order valence-corrected chi connectivity index (χ3v) is 6.68. The van der Waals surface area contributed by atoms with Crippen molar-refractivity contribution in [2.24, 2.45) is 0 Å². The molecule has 0 unspecified atom stereocenters. The van der Waals surface area contributed by atoms with Gasteiger partial charge in [-0.1, -0.05) is 29.8 Å². The van der Waals surface area contributed by atoms with Crippen LogP contribution < -0.4 is 5.32 Å². The predicted octanol–water partition coefficient (Wildman–Crippen LogP) is 1.78. The summed E-state index contributed by atoms with van der Waals surface area (Å²) in [6.07, 6.45) is 2.53. The van der Waals surface area contributed by atoms with Crippen molar-refractivity contribution in [1.82, 2.24) is 10.2 Å². The lowest BCUT2D eigenvalue weighted by molar-refractivity contribution is -0.123. The van der Waals surface area contributed by atoms with Gasteiger partial charge in [0.1, 0.15) is 0 Å². The molecular formula is C16H21ClN2O3S. The van der Waals surface area contributed by atoms with Gasteiger partial charge in [0.05, 0.1) is 18.1 Å². The maximum atomic E-state index is 12.2. The quantitative estimate of drug-likeness (QED) is 0.893. The fourth-order valence-electron chi connectivity index (χ4n) is 3.48. The number of carbonyl (C=O) groups is 1. The van der Waals surface area contributed by atoms with E-state index in [-0.39, 0.29) is 36.0 Å². The van der Waals surface area contributed by atoms with Crippen molar-refractivity contribution in [1.29, 1.82) is 0 Å². The Balaban J connectivity index is 1.61. The molecule has 126 valence electrons. The maximum absolute atomic E-state index is 12.2. The molecule has 2 heterocycles. The van der Waals surface area contributed by atoms with Crippen LogP contribution in [0.3, 0.4) is 0 Å². The van der Waals surface area contributed by atoms with Gasteiger partial charge >= 0.3 is 0 Å². The van der Waals surface area contributed by atoms with Crippen LogP contribution in [-0.4, -0.2) is 49.9 Å². The number of nitrogens with one attached hydrogen (secondary N) is 1. The Morgan fingerprint density at radius 3 is 2.78 bits per heavy atom. The van der Waals surface area contributed by atoms with Crippen molar-refractivity contribution >= 4 is 27.3 Å². The minimum absolute atomic E-state index is 0.0622. The molecule has 0 aliphatic carbocycles. The second kappa shape index (κ2) is 6.79. The highest BCUT2D eigenvalue weighted by atomic mass is 35.5. The summed E-state index contributed by atoms with van der Waals surface area (Å²) in [6.45, 7) is 1.14. The van der Waals surface area contributed by atoms with Gasteiger partial charge in [-0.15, -0.1) is 0 Å². The molecule has 1 aromatic carbocycles. The van der Waals surface area contributed by atoms with E-state index in [0.29, 0.717) is 6.42 Å². The summed E-state index contributed by atoms with van der Waals surface area (Å²) in [5.41, 5.74) is 1.06. The number of likely N-dealkylation sites (tertiary alicyclic amines) is 1. The molecule has 0 radical (unpaired) electrons. The lowest BCUT2D eigenvalue weighted by atomic mass is 10.0. The van der Waals surface area contributed by atoms with Crippen LogP contribution in [0.1, 0.15) is 30.9 Å². The van der Waals surface area contributed by atoms with Crippen molar-refractivity contribution in [3.05, 3.63) is 34.9 Å². The SMILES string of the molecule is O=C(CN1CCC[C@@H]1c1ccccc1Cl)N[C@@H]1CCS(=O)(=O)C1. The predicted molar refractivity (Wildman–Crippen MR) is 90.2 cm³/mol. The van der Waals surface area contributed by atoms with Gasteiger partial charge in [-0.25, -0.2) is 8.42 Å². The minimum atomic E-state index is -2.97. The summed E-state index contributed by atoms with van der Waals surface area (Å²) >= 11 is 6.28. The largest absolute Gasteiger partial charge is 0.351 e. The smallest absolute Gasteiger partial charge is 0.234 e. The van der Waals surface area contributed by atoms with E-state index in [9.17, 15) is 13.2 Å². The lowest BCUT2D eigenvalue weighted by Crippen LogP contribution is -2.42. The van der Waals surface area contributed by atoms with Crippen molar-refractivity contribution < 1.29 is 13.2 Å². The number of halogens is 1. The van der Waals surface area contributed by atoms with Crippen molar-refractivity contribution in [3.8, 4) is 0 Å². The molecule has 0 aromatic heterocycles. The van der Waals surface area contributed by atoms with Gasteiger partial charge in [0, 0.05) is 17.1 Å². The molecule has 1 aromatic rings. The van der Waals surface area contributed by atoms with E-state index in [2.05, 4.69) is 10.2 Å². The van der Waals surface area contributed by atoms with E-state index in [4.69, 9.17) is 11.6 Å². The van der Waals surface area contributed by atoms with Gasteiger partial charge in [0.2, 0.25) is 5.91 Å². The molecular weight excluding hydrogens is 336 g/mol. The van der Waals surface area contributed by atoms with Crippen LogP contribution in [0.4, 0.5) is 0 Å². The Kier molecular flexibility index (Phi) is 4.94. The Morgan fingerprint density at radius 1 is 1.30 bits per heavy atom. The zero-order chi connectivity index (χ0) is 16.4. The first-order chi connectivity index (χ1) is 10.9. The Labute approximate surface area is 141 Å². The molecule has 2 aliphatic heterocycles. The normalized spacial score (nSPS) is 27.2. The molecule has 3 rings (SSSR count). The molecule has 1 N–H and O–H groups in total. The van der Waals surface area contributed by atoms with Crippen molar-refractivity contribution in [3.63, 3.8) is 0 Å². The highest BCUT2D eigenvalue weighted by Gasteiger charge is 2.32. The summed E-state index contributed by atoms with van der Waals surface area (Å²) in [6, 6.07) is 7.65. The number of nitrogens with zero attached hydrogens (tertiary/aromatic N) is 1. The number of amides is 1. The lowest BCUT2D eigenvalue weighted by Gasteiger charge is -2.25. The van der Waals surface area contributed by atoms with Crippen LogP contribution >= 0.6 is 11.6 Å². The first-order valence-electron chi connectivity index (χ1n) is 7.93. The highest BCUT2D eigenvalue weighted by molar-refractivity contribution is 7.91. The summed E-state index contributed by atoms with van der Waals surface area (Å²) in [4.78, 5) is 14.4. The number of benzene rings is 1. The average molecular weight is 357 g/mol. The molecule has 1 amide bonds. The summed E-state index contributed by atoms with van der Waals surface area (Å²) in [5, 5.41) is 3.58. The summed E-state index contributed by atoms with van der Waals surface area (Å²) in [7, 11) is -2.97. The summed E-state index contributed by atoms with van der Waals surface area (Å²) < 4.78 is 22.9. The Bertz CT molecular complexity index is 692. The van der Waals surface area contributed by atoms with Crippen LogP contribution in [0.15, 0.2) is 24.3 Å². The minimum Gasteiger partial charge on any atom is -0.351 e. The molecule has 7 heteroatoms. The Hall–Kier alpha value is -1.11. The van der Waals surface area contributed by atoms with E-state index in [0.717, 1.165) is 30.0 Å². The van der Waals surface area contributed by atoms with Crippen LogP contribution in [0, 0.1) is 0 Å². The van der Waals surface area contributed by atoms with Gasteiger partial charge in [0.25, 0.3) is 0 Å². The van der Waals surface area contributed by atoms with Crippen molar-refractivity contribution in [2.45, 2.75) is 31.3 Å². The van der Waals surface area contributed by atoms with Crippen LogP contribution in [0.5, 0.6) is 0 Å². The van der Waals surface area contributed by atoms with Crippen LogP contribution in [0.25, 0.3) is 0 Å². The monoisotopic (exact) mass is 356 g/mol. The number of carbonyl (C=O) groups excluding carboxylic acids is 1. The van der Waals surface area contributed by atoms with Gasteiger partial charge < -0.3 is 5.32 Å². The number of hydrogen-bond donors (Lipinski definition) is 1. The molecule has 0 bridgehead atoms. The zero-order valence-corrected chi connectivity index (χ0v) is 14.4. The third-order valence-electron chi connectivity index (χ3n) is 4.57. The molecule has 2 fully saturated rings. The standard InChI is InChI=1S/C16H21ClN2O3S/c17-14-5-2-1-4-13(14)15-6-3-8-19(15)10-16(20)18-12-7-9-23(21,22)11-12/h1-2,4-5,12,15H,3,6-11H2,(H,18,20)/t12-,15-/m1/s1. The molecule has 2 aliphatic rings. The molecule has 5 nitrogen and oxygen atoms in total. The second-order valence-corrected chi connectivity index (χ2v) is 8.95.